The fourth-order valence-corrected chi connectivity index (χ4v) is 5.00. The molecule has 2 aromatic carbocycles. The molecule has 4 rings (SSSR count). The first-order chi connectivity index (χ1) is 12.1. The van der Waals surface area contributed by atoms with Gasteiger partial charge in [0.1, 0.15) is 5.75 Å². The van der Waals surface area contributed by atoms with Gasteiger partial charge in [-0.2, -0.15) is 0 Å². The number of nitrogens with zero attached hydrogens (tertiary/aromatic N) is 1. The lowest BCUT2D eigenvalue weighted by Crippen LogP contribution is -2.52. The first kappa shape index (κ1) is 19.5. The lowest BCUT2D eigenvalue weighted by molar-refractivity contribution is 0.0524. The Labute approximate surface area is 167 Å². The molecular weight excluding hydrogens is 365 g/mol. The van der Waals surface area contributed by atoms with Crippen LogP contribution in [0.1, 0.15) is 43.2 Å². The summed E-state index contributed by atoms with van der Waals surface area (Å²) in [6, 6.07) is 16.9. The largest absolute Gasteiger partial charge is 0.508 e. The second kappa shape index (κ2) is 8.21. The molecule has 2 bridgehead atoms. The SMILES string of the molecule is Cl.Oc1cccc([C@@]23CCC[C@@H](C2)N(CCc2ccc(Cl)cc2)CC3)c1. The van der Waals surface area contributed by atoms with Crippen molar-refractivity contribution < 1.29 is 5.11 Å². The first-order valence-electron chi connectivity index (χ1n) is 9.43. The van der Waals surface area contributed by atoms with Crippen LogP contribution in [0.3, 0.4) is 0 Å². The lowest BCUT2D eigenvalue weighted by atomic mass is 9.63. The molecule has 4 heteroatoms. The van der Waals surface area contributed by atoms with E-state index in [0.717, 1.165) is 24.5 Å². The summed E-state index contributed by atoms with van der Waals surface area (Å²) in [5.74, 6) is 0.402. The maximum absolute atomic E-state index is 9.90. The number of rotatable bonds is 4. The molecule has 2 atom stereocenters. The van der Waals surface area contributed by atoms with Crippen LogP contribution in [0.2, 0.25) is 5.02 Å². The molecule has 2 fully saturated rings. The van der Waals surface area contributed by atoms with Gasteiger partial charge in [0.2, 0.25) is 0 Å². The molecule has 1 saturated carbocycles. The molecule has 26 heavy (non-hydrogen) atoms. The molecule has 0 amide bonds. The summed E-state index contributed by atoms with van der Waals surface area (Å²) in [7, 11) is 0. The highest BCUT2D eigenvalue weighted by molar-refractivity contribution is 6.30. The monoisotopic (exact) mass is 391 g/mol. The minimum atomic E-state index is 0. The molecule has 1 N–H and O–H groups in total. The summed E-state index contributed by atoms with van der Waals surface area (Å²) in [5.41, 5.74) is 2.98. The van der Waals surface area contributed by atoms with E-state index in [1.165, 1.54) is 43.2 Å². The summed E-state index contributed by atoms with van der Waals surface area (Å²) >= 11 is 5.99. The van der Waals surface area contributed by atoms with E-state index in [1.54, 1.807) is 6.07 Å². The molecule has 1 aliphatic heterocycles. The van der Waals surface area contributed by atoms with Gasteiger partial charge >= 0.3 is 0 Å². The third-order valence-electron chi connectivity index (χ3n) is 6.27. The van der Waals surface area contributed by atoms with Crippen LogP contribution in [-0.2, 0) is 11.8 Å². The third-order valence-corrected chi connectivity index (χ3v) is 6.52. The highest BCUT2D eigenvalue weighted by atomic mass is 35.5. The van der Waals surface area contributed by atoms with Gasteiger partial charge in [0.05, 0.1) is 0 Å². The summed E-state index contributed by atoms with van der Waals surface area (Å²) in [5, 5.41) is 10.7. The number of piperidine rings is 1. The summed E-state index contributed by atoms with van der Waals surface area (Å²) in [6.07, 6.45) is 7.38. The molecule has 0 aromatic heterocycles. The van der Waals surface area contributed by atoms with E-state index in [2.05, 4.69) is 23.1 Å². The number of halogens is 2. The van der Waals surface area contributed by atoms with Crippen molar-refractivity contribution in [2.75, 3.05) is 13.1 Å². The van der Waals surface area contributed by atoms with Crippen molar-refractivity contribution in [3.05, 3.63) is 64.7 Å². The van der Waals surface area contributed by atoms with Crippen LogP contribution in [0.5, 0.6) is 5.75 Å². The lowest BCUT2D eigenvalue weighted by Gasteiger charge is -2.51. The number of phenolic OH excluding ortho intramolecular Hbond substituents is 1. The Morgan fingerprint density at radius 3 is 2.69 bits per heavy atom. The van der Waals surface area contributed by atoms with Crippen LogP contribution in [0, 0.1) is 0 Å². The van der Waals surface area contributed by atoms with Crippen molar-refractivity contribution in [3.63, 3.8) is 0 Å². The van der Waals surface area contributed by atoms with Crippen molar-refractivity contribution in [3.8, 4) is 5.75 Å². The topological polar surface area (TPSA) is 23.5 Å². The van der Waals surface area contributed by atoms with E-state index in [1.807, 2.05) is 24.3 Å². The zero-order chi connectivity index (χ0) is 17.3. The smallest absolute Gasteiger partial charge is 0.115 e. The fraction of sp³-hybridized carbons (Fsp3) is 0.455. The number of likely N-dealkylation sites (tertiary alicyclic amines) is 1. The number of hydrogen-bond acceptors (Lipinski definition) is 2. The summed E-state index contributed by atoms with van der Waals surface area (Å²) < 4.78 is 0. The van der Waals surface area contributed by atoms with E-state index in [0.29, 0.717) is 11.8 Å². The maximum atomic E-state index is 9.90. The average molecular weight is 392 g/mol. The summed E-state index contributed by atoms with van der Waals surface area (Å²) in [4.78, 5) is 2.69. The van der Waals surface area contributed by atoms with Gasteiger partial charge in [-0.05, 0) is 79.5 Å². The quantitative estimate of drug-likeness (QED) is 0.733. The normalized spacial score (nSPS) is 25.5. The zero-order valence-electron chi connectivity index (χ0n) is 15.0. The molecule has 1 saturated heterocycles. The fourth-order valence-electron chi connectivity index (χ4n) is 4.87. The number of phenols is 1. The van der Waals surface area contributed by atoms with Gasteiger partial charge in [0.15, 0.2) is 0 Å². The van der Waals surface area contributed by atoms with Gasteiger partial charge in [0, 0.05) is 17.6 Å². The summed E-state index contributed by atoms with van der Waals surface area (Å²) in [6.45, 7) is 2.29. The van der Waals surface area contributed by atoms with E-state index in [9.17, 15) is 5.11 Å². The molecule has 0 radical (unpaired) electrons. The Kier molecular flexibility index (Phi) is 6.17. The van der Waals surface area contributed by atoms with Gasteiger partial charge in [-0.25, -0.2) is 0 Å². The van der Waals surface area contributed by atoms with Gasteiger partial charge < -0.3 is 5.11 Å². The number of aromatic hydroxyl groups is 1. The standard InChI is InChI=1S/C22H26ClNO.ClH/c23-19-8-6-17(7-9-19)10-13-24-14-12-22(11-2-4-20(24)16-22)18-3-1-5-21(25)15-18;/h1,3,5-9,15,20,25H,2,4,10-14,16H2;1H/t20-,22+;/m0./s1. The molecule has 140 valence electrons. The number of fused-ring (bicyclic) bond motifs is 2. The van der Waals surface area contributed by atoms with E-state index >= 15 is 0 Å². The Balaban J connectivity index is 0.00000196. The zero-order valence-corrected chi connectivity index (χ0v) is 16.6. The molecule has 1 heterocycles. The predicted molar refractivity (Wildman–Crippen MR) is 111 cm³/mol. The Morgan fingerprint density at radius 1 is 1.12 bits per heavy atom. The first-order valence-corrected chi connectivity index (χ1v) is 9.80. The predicted octanol–water partition coefficient (Wildman–Crippen LogP) is 5.60. The molecule has 2 aliphatic rings. The van der Waals surface area contributed by atoms with Crippen LogP contribution in [0.15, 0.2) is 48.5 Å². The van der Waals surface area contributed by atoms with E-state index < -0.39 is 0 Å². The Bertz CT molecular complexity index is 733. The van der Waals surface area contributed by atoms with Gasteiger partial charge in [-0.15, -0.1) is 12.4 Å². The van der Waals surface area contributed by atoms with Gasteiger partial charge in [-0.3, -0.25) is 4.90 Å². The van der Waals surface area contributed by atoms with Crippen molar-refractivity contribution in [1.82, 2.24) is 4.90 Å². The number of benzene rings is 2. The highest BCUT2D eigenvalue weighted by Gasteiger charge is 2.43. The average Bonchev–Trinajstić information content (AvgIpc) is 2.63. The minimum Gasteiger partial charge on any atom is -0.508 e. The molecular formula is C22H27Cl2NO. The van der Waals surface area contributed by atoms with Gasteiger partial charge in [-0.1, -0.05) is 42.3 Å². The van der Waals surface area contributed by atoms with Gasteiger partial charge in [0.25, 0.3) is 0 Å². The van der Waals surface area contributed by atoms with Crippen molar-refractivity contribution in [1.29, 1.82) is 0 Å². The van der Waals surface area contributed by atoms with E-state index in [4.69, 9.17) is 11.6 Å². The van der Waals surface area contributed by atoms with Crippen LogP contribution < -0.4 is 0 Å². The van der Waals surface area contributed by atoms with E-state index in [-0.39, 0.29) is 17.8 Å². The molecule has 2 aromatic rings. The van der Waals surface area contributed by atoms with Crippen LogP contribution in [0.4, 0.5) is 0 Å². The molecule has 2 nitrogen and oxygen atoms in total. The van der Waals surface area contributed by atoms with Crippen molar-refractivity contribution in [2.24, 2.45) is 0 Å². The highest BCUT2D eigenvalue weighted by Crippen LogP contribution is 2.47. The van der Waals surface area contributed by atoms with Crippen LogP contribution in [0.25, 0.3) is 0 Å². The second-order valence-electron chi connectivity index (χ2n) is 7.74. The van der Waals surface area contributed by atoms with Crippen LogP contribution >= 0.6 is 24.0 Å². The molecule has 1 aliphatic carbocycles. The third kappa shape index (κ3) is 4.03. The molecule has 0 unspecified atom stereocenters. The number of hydrogen-bond donors (Lipinski definition) is 1. The van der Waals surface area contributed by atoms with Crippen molar-refractivity contribution in [2.45, 2.75) is 50.0 Å². The maximum Gasteiger partial charge on any atom is 0.115 e. The minimum absolute atomic E-state index is 0. The Morgan fingerprint density at radius 2 is 1.92 bits per heavy atom. The second-order valence-corrected chi connectivity index (χ2v) is 8.18. The van der Waals surface area contributed by atoms with Crippen LogP contribution in [-0.4, -0.2) is 29.1 Å². The van der Waals surface area contributed by atoms with Crippen molar-refractivity contribution >= 4 is 24.0 Å². The Hall–Kier alpha value is -1.22. The molecule has 0 spiro atoms.